The summed E-state index contributed by atoms with van der Waals surface area (Å²) in [5.41, 5.74) is 9.57. The Morgan fingerprint density at radius 2 is 1.09 bits per heavy atom. The Labute approximate surface area is 200 Å². The van der Waals surface area contributed by atoms with Gasteiger partial charge in [0.05, 0.1) is 0 Å². The molecule has 0 fully saturated rings. The van der Waals surface area contributed by atoms with Gasteiger partial charge in [0, 0.05) is 22.1 Å². The zero-order valence-corrected chi connectivity index (χ0v) is 19.6. The predicted molar refractivity (Wildman–Crippen MR) is 138 cm³/mol. The van der Waals surface area contributed by atoms with Gasteiger partial charge in [0.15, 0.2) is 17.5 Å². The molecule has 34 heavy (non-hydrogen) atoms. The van der Waals surface area contributed by atoms with Crippen molar-refractivity contribution in [3.8, 4) is 45.3 Å². The summed E-state index contributed by atoms with van der Waals surface area (Å²) >= 11 is 0. The normalized spacial score (nSPS) is 13.4. The van der Waals surface area contributed by atoms with E-state index in [0.717, 1.165) is 16.7 Å². The van der Waals surface area contributed by atoms with Crippen molar-refractivity contribution in [2.75, 3.05) is 0 Å². The third kappa shape index (κ3) is 3.24. The van der Waals surface area contributed by atoms with Crippen LogP contribution in [0.5, 0.6) is 0 Å². The average molecular weight is 440 g/mol. The van der Waals surface area contributed by atoms with Gasteiger partial charge in [-0.1, -0.05) is 105 Å². The maximum absolute atomic E-state index is 4.92. The lowest BCUT2D eigenvalue weighted by atomic mass is 9.82. The SMILES string of the molecule is Cc1cccc2c1-c1ccc(-c3nc(-c4ccccc4)nc(-c4ccccc4)n3)cc1C2(C)C. The minimum atomic E-state index is -0.0791. The molecule has 3 heteroatoms. The molecular formula is C31H25N3. The minimum absolute atomic E-state index is 0.0791. The molecule has 0 aliphatic heterocycles. The molecule has 1 aliphatic rings. The molecular weight excluding hydrogens is 414 g/mol. The van der Waals surface area contributed by atoms with Gasteiger partial charge in [0.25, 0.3) is 0 Å². The molecule has 4 aromatic carbocycles. The zero-order valence-electron chi connectivity index (χ0n) is 19.6. The van der Waals surface area contributed by atoms with E-state index in [-0.39, 0.29) is 5.41 Å². The molecule has 0 bridgehead atoms. The Balaban J connectivity index is 1.55. The lowest BCUT2D eigenvalue weighted by molar-refractivity contribution is 0.660. The molecule has 6 rings (SSSR count). The van der Waals surface area contributed by atoms with Crippen molar-refractivity contribution in [2.45, 2.75) is 26.2 Å². The standard InChI is InChI=1S/C31H25N3/c1-20-11-10-16-25-27(20)24-18-17-23(19-26(24)31(25,2)3)30-33-28(21-12-6-4-7-13-21)32-29(34-30)22-14-8-5-9-15-22/h4-19H,1-3H3. The second-order valence-corrected chi connectivity index (χ2v) is 9.42. The van der Waals surface area contributed by atoms with Crippen LogP contribution in [0.1, 0.15) is 30.5 Å². The van der Waals surface area contributed by atoms with Crippen LogP contribution < -0.4 is 0 Å². The Bertz CT molecular complexity index is 1460. The van der Waals surface area contributed by atoms with E-state index in [9.17, 15) is 0 Å². The summed E-state index contributed by atoms with van der Waals surface area (Å²) in [6, 6.07) is 33.5. The van der Waals surface area contributed by atoms with Gasteiger partial charge in [-0.2, -0.15) is 0 Å². The Morgan fingerprint density at radius 3 is 1.68 bits per heavy atom. The Kier molecular flexibility index (Phi) is 4.66. The fraction of sp³-hybridized carbons (Fsp3) is 0.129. The maximum atomic E-state index is 4.92. The highest BCUT2D eigenvalue weighted by Gasteiger charge is 2.36. The van der Waals surface area contributed by atoms with Crippen LogP contribution in [0, 0.1) is 6.92 Å². The molecule has 0 amide bonds. The molecule has 1 aromatic heterocycles. The van der Waals surface area contributed by atoms with Gasteiger partial charge in [-0.3, -0.25) is 0 Å². The quantitative estimate of drug-likeness (QED) is 0.292. The zero-order chi connectivity index (χ0) is 23.3. The number of nitrogens with zero attached hydrogens (tertiary/aromatic N) is 3. The highest BCUT2D eigenvalue weighted by atomic mass is 15.0. The summed E-state index contributed by atoms with van der Waals surface area (Å²) in [5.74, 6) is 2.06. The average Bonchev–Trinajstić information content (AvgIpc) is 3.12. The van der Waals surface area contributed by atoms with Crippen molar-refractivity contribution in [3.63, 3.8) is 0 Å². The number of rotatable bonds is 3. The lowest BCUT2D eigenvalue weighted by Gasteiger charge is -2.22. The van der Waals surface area contributed by atoms with Crippen molar-refractivity contribution in [1.82, 2.24) is 15.0 Å². The number of aryl methyl sites for hydroxylation is 1. The van der Waals surface area contributed by atoms with E-state index in [4.69, 9.17) is 15.0 Å². The molecule has 0 radical (unpaired) electrons. The third-order valence-electron chi connectivity index (χ3n) is 6.87. The number of aromatic nitrogens is 3. The van der Waals surface area contributed by atoms with E-state index in [1.165, 1.54) is 27.8 Å². The van der Waals surface area contributed by atoms with Crippen LogP contribution >= 0.6 is 0 Å². The highest BCUT2D eigenvalue weighted by molar-refractivity contribution is 5.85. The Hall–Kier alpha value is -4.11. The van der Waals surface area contributed by atoms with Gasteiger partial charge in [0.2, 0.25) is 0 Å². The molecule has 0 N–H and O–H groups in total. The van der Waals surface area contributed by atoms with Gasteiger partial charge in [-0.05, 0) is 40.8 Å². The van der Waals surface area contributed by atoms with Crippen LogP contribution in [0.3, 0.4) is 0 Å². The molecule has 1 heterocycles. The molecule has 1 aliphatic carbocycles. The monoisotopic (exact) mass is 439 g/mol. The van der Waals surface area contributed by atoms with Crippen molar-refractivity contribution in [3.05, 3.63) is 114 Å². The van der Waals surface area contributed by atoms with Gasteiger partial charge in [-0.25, -0.2) is 15.0 Å². The molecule has 3 nitrogen and oxygen atoms in total. The van der Waals surface area contributed by atoms with Crippen LogP contribution in [0.25, 0.3) is 45.3 Å². The van der Waals surface area contributed by atoms with E-state index in [1.807, 2.05) is 60.7 Å². The first kappa shape index (κ1) is 20.5. The van der Waals surface area contributed by atoms with Crippen LogP contribution in [-0.4, -0.2) is 15.0 Å². The number of hydrogen-bond acceptors (Lipinski definition) is 3. The van der Waals surface area contributed by atoms with Crippen LogP contribution in [0.2, 0.25) is 0 Å². The van der Waals surface area contributed by atoms with Gasteiger partial charge >= 0.3 is 0 Å². The topological polar surface area (TPSA) is 38.7 Å². The largest absolute Gasteiger partial charge is 0.208 e. The van der Waals surface area contributed by atoms with Crippen molar-refractivity contribution >= 4 is 0 Å². The summed E-state index contributed by atoms with van der Waals surface area (Å²) < 4.78 is 0. The minimum Gasteiger partial charge on any atom is -0.208 e. The molecule has 0 saturated carbocycles. The maximum Gasteiger partial charge on any atom is 0.164 e. The van der Waals surface area contributed by atoms with Gasteiger partial charge in [-0.15, -0.1) is 0 Å². The molecule has 0 spiro atoms. The van der Waals surface area contributed by atoms with E-state index < -0.39 is 0 Å². The van der Waals surface area contributed by atoms with Gasteiger partial charge < -0.3 is 0 Å². The van der Waals surface area contributed by atoms with Crippen molar-refractivity contribution in [1.29, 1.82) is 0 Å². The fourth-order valence-electron chi connectivity index (χ4n) is 5.05. The van der Waals surface area contributed by atoms with Crippen LogP contribution in [0.15, 0.2) is 97.1 Å². The predicted octanol–water partition coefficient (Wildman–Crippen LogP) is 7.49. The first-order valence-electron chi connectivity index (χ1n) is 11.6. The molecule has 164 valence electrons. The Morgan fingerprint density at radius 1 is 0.529 bits per heavy atom. The molecule has 0 saturated heterocycles. The lowest BCUT2D eigenvalue weighted by Crippen LogP contribution is -2.15. The van der Waals surface area contributed by atoms with E-state index in [1.54, 1.807) is 0 Å². The summed E-state index contributed by atoms with van der Waals surface area (Å²) in [6.07, 6.45) is 0. The van der Waals surface area contributed by atoms with Crippen LogP contribution in [-0.2, 0) is 5.41 Å². The number of fused-ring (bicyclic) bond motifs is 3. The summed E-state index contributed by atoms with van der Waals surface area (Å²) in [5, 5.41) is 0. The summed E-state index contributed by atoms with van der Waals surface area (Å²) in [7, 11) is 0. The van der Waals surface area contributed by atoms with Crippen LogP contribution in [0.4, 0.5) is 0 Å². The highest BCUT2D eigenvalue weighted by Crippen LogP contribution is 2.50. The van der Waals surface area contributed by atoms with Crippen molar-refractivity contribution < 1.29 is 0 Å². The smallest absolute Gasteiger partial charge is 0.164 e. The second-order valence-electron chi connectivity index (χ2n) is 9.42. The first-order valence-corrected chi connectivity index (χ1v) is 11.6. The third-order valence-corrected chi connectivity index (χ3v) is 6.87. The fourth-order valence-corrected chi connectivity index (χ4v) is 5.05. The number of hydrogen-bond donors (Lipinski definition) is 0. The van der Waals surface area contributed by atoms with E-state index in [2.05, 4.69) is 57.2 Å². The van der Waals surface area contributed by atoms with E-state index >= 15 is 0 Å². The first-order chi connectivity index (χ1) is 16.5. The van der Waals surface area contributed by atoms with Crippen molar-refractivity contribution in [2.24, 2.45) is 0 Å². The summed E-state index contributed by atoms with van der Waals surface area (Å²) in [4.78, 5) is 14.7. The summed E-state index contributed by atoms with van der Waals surface area (Å²) in [6.45, 7) is 6.81. The van der Waals surface area contributed by atoms with Gasteiger partial charge in [0.1, 0.15) is 0 Å². The molecule has 0 atom stereocenters. The molecule has 5 aromatic rings. The molecule has 0 unspecified atom stereocenters. The number of benzene rings is 4. The second kappa shape index (κ2) is 7.74. The van der Waals surface area contributed by atoms with E-state index in [0.29, 0.717) is 17.5 Å².